The van der Waals surface area contributed by atoms with Crippen molar-refractivity contribution in [3.8, 4) is 0 Å². The fourth-order valence-electron chi connectivity index (χ4n) is 1.24. The molecular formula is C10H17F3O2S. The van der Waals surface area contributed by atoms with Gasteiger partial charge in [-0.15, -0.1) is 0 Å². The van der Waals surface area contributed by atoms with Crippen LogP contribution in [0.1, 0.15) is 39.0 Å². The van der Waals surface area contributed by atoms with Crippen molar-refractivity contribution < 1.29 is 22.7 Å². The average molecular weight is 258 g/mol. The summed E-state index contributed by atoms with van der Waals surface area (Å²) in [6.45, 7) is 1.97. The van der Waals surface area contributed by atoms with Gasteiger partial charge in [0.25, 0.3) is 0 Å². The topological polar surface area (TPSA) is 26.3 Å². The molecule has 0 bridgehead atoms. The SMILES string of the molecule is CCCCCCC(OC(=O)CS)C(F)(F)F. The van der Waals surface area contributed by atoms with Crippen LogP contribution in [0.5, 0.6) is 0 Å². The van der Waals surface area contributed by atoms with E-state index in [4.69, 9.17) is 0 Å². The van der Waals surface area contributed by atoms with Gasteiger partial charge >= 0.3 is 12.1 Å². The Labute approximate surface area is 99.0 Å². The Bertz CT molecular complexity index is 207. The summed E-state index contributed by atoms with van der Waals surface area (Å²) in [5.74, 6) is -1.26. The predicted molar refractivity (Wildman–Crippen MR) is 58.5 cm³/mol. The first-order valence-electron chi connectivity index (χ1n) is 5.28. The largest absolute Gasteiger partial charge is 0.452 e. The summed E-state index contributed by atoms with van der Waals surface area (Å²) in [6, 6.07) is 0. The fraction of sp³-hybridized carbons (Fsp3) is 0.900. The maximum absolute atomic E-state index is 12.4. The second-order valence-electron chi connectivity index (χ2n) is 3.53. The Morgan fingerprint density at radius 1 is 1.31 bits per heavy atom. The highest BCUT2D eigenvalue weighted by Crippen LogP contribution is 2.27. The van der Waals surface area contributed by atoms with E-state index in [-0.39, 0.29) is 12.2 Å². The molecule has 0 saturated carbocycles. The zero-order chi connectivity index (χ0) is 12.6. The van der Waals surface area contributed by atoms with Gasteiger partial charge in [0.05, 0.1) is 5.75 Å². The molecule has 96 valence electrons. The second kappa shape index (κ2) is 7.81. The zero-order valence-electron chi connectivity index (χ0n) is 9.22. The molecule has 0 aromatic rings. The van der Waals surface area contributed by atoms with E-state index in [1.165, 1.54) is 0 Å². The molecule has 0 heterocycles. The molecule has 6 heteroatoms. The monoisotopic (exact) mass is 258 g/mol. The molecular weight excluding hydrogens is 241 g/mol. The van der Waals surface area contributed by atoms with Gasteiger partial charge in [-0.2, -0.15) is 25.8 Å². The predicted octanol–water partition coefficient (Wildman–Crippen LogP) is 3.36. The van der Waals surface area contributed by atoms with Gasteiger partial charge in [0, 0.05) is 0 Å². The highest BCUT2D eigenvalue weighted by Gasteiger charge is 2.41. The normalized spacial score (nSPS) is 13.6. The lowest BCUT2D eigenvalue weighted by molar-refractivity contribution is -0.221. The van der Waals surface area contributed by atoms with Crippen molar-refractivity contribution in [1.82, 2.24) is 0 Å². The smallest absolute Gasteiger partial charge is 0.425 e. The van der Waals surface area contributed by atoms with E-state index in [0.29, 0.717) is 6.42 Å². The van der Waals surface area contributed by atoms with Crippen molar-refractivity contribution in [2.45, 2.75) is 51.3 Å². The Morgan fingerprint density at radius 3 is 2.38 bits per heavy atom. The molecule has 0 fully saturated rings. The van der Waals surface area contributed by atoms with Gasteiger partial charge in [0.2, 0.25) is 0 Å². The summed E-state index contributed by atoms with van der Waals surface area (Å²) in [7, 11) is 0. The Morgan fingerprint density at radius 2 is 1.94 bits per heavy atom. The highest BCUT2D eigenvalue weighted by atomic mass is 32.1. The van der Waals surface area contributed by atoms with Gasteiger partial charge in [-0.05, 0) is 12.8 Å². The van der Waals surface area contributed by atoms with Crippen LogP contribution in [0.3, 0.4) is 0 Å². The minimum absolute atomic E-state index is 0.164. The summed E-state index contributed by atoms with van der Waals surface area (Å²) < 4.78 is 41.6. The molecule has 16 heavy (non-hydrogen) atoms. The number of thiol groups is 1. The third kappa shape index (κ3) is 6.98. The number of alkyl halides is 3. The highest BCUT2D eigenvalue weighted by molar-refractivity contribution is 7.81. The van der Waals surface area contributed by atoms with Gasteiger partial charge in [0.15, 0.2) is 6.10 Å². The fourth-order valence-corrected chi connectivity index (χ4v) is 1.32. The van der Waals surface area contributed by atoms with Crippen LogP contribution in [0.15, 0.2) is 0 Å². The van der Waals surface area contributed by atoms with E-state index < -0.39 is 18.2 Å². The molecule has 0 spiro atoms. The number of carbonyl (C=O) groups excluding carboxylic acids is 1. The number of unbranched alkanes of at least 4 members (excludes halogenated alkanes) is 3. The van der Waals surface area contributed by atoms with Gasteiger partial charge in [-0.3, -0.25) is 4.79 Å². The van der Waals surface area contributed by atoms with Gasteiger partial charge in [-0.25, -0.2) is 0 Å². The molecule has 0 amide bonds. The first kappa shape index (κ1) is 15.6. The summed E-state index contributed by atoms with van der Waals surface area (Å²) in [5, 5.41) is 0. The zero-order valence-corrected chi connectivity index (χ0v) is 10.1. The molecule has 1 unspecified atom stereocenters. The lowest BCUT2D eigenvalue weighted by Crippen LogP contribution is -2.34. The molecule has 0 aromatic carbocycles. The van der Waals surface area contributed by atoms with E-state index in [9.17, 15) is 18.0 Å². The van der Waals surface area contributed by atoms with Crippen molar-refractivity contribution in [3.05, 3.63) is 0 Å². The Hall–Kier alpha value is -0.390. The molecule has 0 radical (unpaired) electrons. The lowest BCUT2D eigenvalue weighted by Gasteiger charge is -2.20. The van der Waals surface area contributed by atoms with Crippen molar-refractivity contribution >= 4 is 18.6 Å². The molecule has 0 aliphatic rings. The Kier molecular flexibility index (Phi) is 7.62. The number of esters is 1. The van der Waals surface area contributed by atoms with Gasteiger partial charge < -0.3 is 4.74 Å². The molecule has 0 N–H and O–H groups in total. The van der Waals surface area contributed by atoms with Crippen LogP contribution in [-0.2, 0) is 9.53 Å². The van der Waals surface area contributed by atoms with Crippen LogP contribution in [0.4, 0.5) is 13.2 Å². The summed E-state index contributed by atoms with van der Waals surface area (Å²) in [5.41, 5.74) is 0. The van der Waals surface area contributed by atoms with Crippen molar-refractivity contribution in [3.63, 3.8) is 0 Å². The molecule has 2 nitrogen and oxygen atoms in total. The van der Waals surface area contributed by atoms with Crippen LogP contribution < -0.4 is 0 Å². The molecule has 0 saturated heterocycles. The molecule has 0 aliphatic heterocycles. The third-order valence-corrected chi connectivity index (χ3v) is 2.35. The van der Waals surface area contributed by atoms with Crippen LogP contribution in [0, 0.1) is 0 Å². The number of hydrogen-bond acceptors (Lipinski definition) is 3. The number of hydrogen-bond donors (Lipinski definition) is 1. The van der Waals surface area contributed by atoms with Crippen molar-refractivity contribution in [2.24, 2.45) is 0 Å². The van der Waals surface area contributed by atoms with Crippen LogP contribution in [0.25, 0.3) is 0 Å². The third-order valence-electron chi connectivity index (χ3n) is 2.09. The molecule has 0 aliphatic carbocycles. The minimum Gasteiger partial charge on any atom is -0.452 e. The number of rotatable bonds is 7. The standard InChI is InChI=1S/C10H17F3O2S/c1-2-3-4-5-6-8(10(11,12)13)15-9(14)7-16/h8,16H,2-7H2,1H3. The first-order chi connectivity index (χ1) is 7.41. The summed E-state index contributed by atoms with van der Waals surface area (Å²) in [6.07, 6.45) is -3.64. The number of carbonyl (C=O) groups is 1. The van der Waals surface area contributed by atoms with Gasteiger partial charge in [-0.1, -0.05) is 26.2 Å². The second-order valence-corrected chi connectivity index (χ2v) is 3.84. The number of halogens is 3. The lowest BCUT2D eigenvalue weighted by atomic mass is 10.1. The Balaban J connectivity index is 4.07. The minimum atomic E-state index is -4.48. The van der Waals surface area contributed by atoms with Crippen molar-refractivity contribution in [2.75, 3.05) is 5.75 Å². The molecule has 1 atom stereocenters. The maximum atomic E-state index is 12.4. The van der Waals surface area contributed by atoms with E-state index >= 15 is 0 Å². The van der Waals surface area contributed by atoms with E-state index in [1.54, 1.807) is 0 Å². The maximum Gasteiger partial charge on any atom is 0.425 e. The van der Waals surface area contributed by atoms with E-state index in [1.807, 2.05) is 6.92 Å². The molecule has 0 aromatic heterocycles. The van der Waals surface area contributed by atoms with Crippen molar-refractivity contribution in [1.29, 1.82) is 0 Å². The quantitative estimate of drug-likeness (QED) is 0.430. The molecule has 0 rings (SSSR count). The van der Waals surface area contributed by atoms with Crippen LogP contribution in [-0.4, -0.2) is 24.0 Å². The van der Waals surface area contributed by atoms with E-state index in [2.05, 4.69) is 17.4 Å². The summed E-state index contributed by atoms with van der Waals surface area (Å²) >= 11 is 3.57. The first-order valence-corrected chi connectivity index (χ1v) is 5.92. The average Bonchev–Trinajstić information content (AvgIpc) is 2.20. The van der Waals surface area contributed by atoms with E-state index in [0.717, 1.165) is 19.3 Å². The van der Waals surface area contributed by atoms with Gasteiger partial charge in [0.1, 0.15) is 0 Å². The van der Waals surface area contributed by atoms with Crippen LogP contribution >= 0.6 is 12.6 Å². The van der Waals surface area contributed by atoms with Crippen LogP contribution in [0.2, 0.25) is 0 Å². The summed E-state index contributed by atoms with van der Waals surface area (Å²) in [4.78, 5) is 10.8. The number of ether oxygens (including phenoxy) is 1.